The molecule has 0 atom stereocenters. The lowest BCUT2D eigenvalue weighted by atomic mass is 10.1. The van der Waals surface area contributed by atoms with Gasteiger partial charge in [0.2, 0.25) is 0 Å². The van der Waals surface area contributed by atoms with Gasteiger partial charge in [-0.15, -0.1) is 0 Å². The first-order chi connectivity index (χ1) is 12.9. The van der Waals surface area contributed by atoms with Gasteiger partial charge in [0.05, 0.1) is 19.7 Å². The van der Waals surface area contributed by atoms with E-state index >= 15 is 0 Å². The highest BCUT2D eigenvalue weighted by atomic mass is 16.5. The van der Waals surface area contributed by atoms with E-state index in [1.54, 1.807) is 9.80 Å². The molecule has 4 heteroatoms. The quantitative estimate of drug-likeness (QED) is 0.565. The van der Waals surface area contributed by atoms with Gasteiger partial charge in [0.25, 0.3) is 0 Å². The minimum absolute atomic E-state index is 0.321. The van der Waals surface area contributed by atoms with Crippen molar-refractivity contribution in [3.8, 4) is 16.9 Å². The fraction of sp³-hybridized carbons (Fsp3) is 0.455. The predicted molar refractivity (Wildman–Crippen MR) is 105 cm³/mol. The van der Waals surface area contributed by atoms with Crippen molar-refractivity contribution in [2.75, 3.05) is 52.5 Å². The lowest BCUT2D eigenvalue weighted by molar-refractivity contribution is -1.01. The molecule has 0 bridgehead atoms. The summed E-state index contributed by atoms with van der Waals surface area (Å²) in [5.74, 6) is 0.979. The Morgan fingerprint density at radius 3 is 2.08 bits per heavy atom. The molecule has 3 N–H and O–H groups in total. The van der Waals surface area contributed by atoms with Crippen molar-refractivity contribution >= 4 is 0 Å². The maximum absolute atomic E-state index is 8.95. The van der Waals surface area contributed by atoms with E-state index in [4.69, 9.17) is 9.84 Å². The van der Waals surface area contributed by atoms with E-state index < -0.39 is 0 Å². The second-order valence-corrected chi connectivity index (χ2v) is 7.14. The first-order valence-electron chi connectivity index (χ1n) is 9.92. The maximum Gasteiger partial charge on any atom is 0.127 e. The predicted octanol–water partition coefficient (Wildman–Crippen LogP) is 0.288. The van der Waals surface area contributed by atoms with E-state index in [0.717, 1.165) is 31.7 Å². The van der Waals surface area contributed by atoms with Crippen LogP contribution in [0.25, 0.3) is 11.1 Å². The summed E-state index contributed by atoms with van der Waals surface area (Å²) in [4.78, 5) is 3.34. The van der Waals surface area contributed by atoms with Gasteiger partial charge in [-0.25, -0.2) is 0 Å². The van der Waals surface area contributed by atoms with Crippen LogP contribution in [0.1, 0.15) is 12.8 Å². The molecular weight excluding hydrogens is 324 g/mol. The van der Waals surface area contributed by atoms with Crippen molar-refractivity contribution in [3.63, 3.8) is 0 Å². The number of para-hydroxylation sites is 1. The van der Waals surface area contributed by atoms with Crippen molar-refractivity contribution in [3.05, 3.63) is 54.6 Å². The highest BCUT2D eigenvalue weighted by molar-refractivity contribution is 5.70. The van der Waals surface area contributed by atoms with Crippen LogP contribution in [0.4, 0.5) is 0 Å². The average Bonchev–Trinajstić information content (AvgIpc) is 2.71. The molecule has 1 aliphatic rings. The third kappa shape index (κ3) is 5.56. The summed E-state index contributed by atoms with van der Waals surface area (Å²) < 4.78 is 6.11. The van der Waals surface area contributed by atoms with Crippen LogP contribution in [-0.4, -0.2) is 57.6 Å². The number of hydrogen-bond donors (Lipinski definition) is 3. The molecular formula is C22H32N2O2+2. The largest absolute Gasteiger partial charge is 0.493 e. The summed E-state index contributed by atoms with van der Waals surface area (Å²) in [7, 11) is 0. The molecule has 0 spiro atoms. The molecule has 1 aliphatic heterocycles. The normalized spacial score (nSPS) is 20.0. The molecule has 2 aromatic carbocycles. The summed E-state index contributed by atoms with van der Waals surface area (Å²) in [6.45, 7) is 8.32. The van der Waals surface area contributed by atoms with Gasteiger partial charge in [-0.2, -0.15) is 0 Å². The van der Waals surface area contributed by atoms with E-state index in [-0.39, 0.29) is 0 Å². The molecule has 1 heterocycles. The van der Waals surface area contributed by atoms with E-state index in [2.05, 4.69) is 42.5 Å². The number of ether oxygens (including phenoxy) is 1. The molecule has 0 amide bonds. The van der Waals surface area contributed by atoms with Crippen molar-refractivity contribution in [1.29, 1.82) is 0 Å². The Hall–Kier alpha value is -1.88. The monoisotopic (exact) mass is 356 g/mol. The zero-order valence-corrected chi connectivity index (χ0v) is 15.6. The van der Waals surface area contributed by atoms with Gasteiger partial charge in [-0.3, -0.25) is 0 Å². The summed E-state index contributed by atoms with van der Waals surface area (Å²) >= 11 is 0. The zero-order valence-electron chi connectivity index (χ0n) is 15.6. The number of hydrogen-bond acceptors (Lipinski definition) is 2. The molecule has 1 fully saturated rings. The number of piperazine rings is 1. The van der Waals surface area contributed by atoms with Gasteiger partial charge in [0.15, 0.2) is 0 Å². The van der Waals surface area contributed by atoms with Gasteiger partial charge < -0.3 is 19.6 Å². The smallest absolute Gasteiger partial charge is 0.127 e. The van der Waals surface area contributed by atoms with Crippen molar-refractivity contribution in [1.82, 2.24) is 0 Å². The minimum Gasteiger partial charge on any atom is -0.493 e. The number of nitrogens with one attached hydrogen (secondary N) is 2. The molecule has 1 saturated heterocycles. The SMILES string of the molecule is OCCC[NH+]1CC[NH+](CCCOc2ccccc2-c2ccccc2)CC1. The summed E-state index contributed by atoms with van der Waals surface area (Å²) in [5, 5.41) is 8.95. The fourth-order valence-corrected chi connectivity index (χ4v) is 3.74. The number of aliphatic hydroxyl groups excluding tert-OH is 1. The lowest BCUT2D eigenvalue weighted by Gasteiger charge is -2.29. The van der Waals surface area contributed by atoms with E-state index in [9.17, 15) is 0 Å². The molecule has 0 saturated carbocycles. The molecule has 26 heavy (non-hydrogen) atoms. The molecule has 0 aromatic heterocycles. The molecule has 4 nitrogen and oxygen atoms in total. The van der Waals surface area contributed by atoms with Crippen LogP contribution in [0, 0.1) is 0 Å². The van der Waals surface area contributed by atoms with Gasteiger partial charge in [-0.1, -0.05) is 48.5 Å². The first kappa shape index (κ1) is 18.9. The molecule has 0 aliphatic carbocycles. The van der Waals surface area contributed by atoms with Crippen LogP contribution >= 0.6 is 0 Å². The van der Waals surface area contributed by atoms with E-state index in [1.807, 2.05) is 12.1 Å². The third-order valence-electron chi connectivity index (χ3n) is 5.26. The van der Waals surface area contributed by atoms with Gasteiger partial charge in [-0.05, 0) is 11.6 Å². The van der Waals surface area contributed by atoms with Gasteiger partial charge in [0.1, 0.15) is 31.9 Å². The summed E-state index contributed by atoms with van der Waals surface area (Å²) in [5.41, 5.74) is 2.37. The Morgan fingerprint density at radius 2 is 1.38 bits per heavy atom. The Kier molecular flexibility index (Phi) is 7.50. The first-order valence-corrected chi connectivity index (χ1v) is 9.92. The van der Waals surface area contributed by atoms with Crippen molar-refractivity contribution < 1.29 is 19.6 Å². The molecule has 3 rings (SSSR count). The van der Waals surface area contributed by atoms with Crippen LogP contribution in [0.2, 0.25) is 0 Å². The maximum atomic E-state index is 8.95. The topological polar surface area (TPSA) is 38.3 Å². The van der Waals surface area contributed by atoms with Gasteiger partial charge in [0, 0.05) is 25.0 Å². The number of rotatable bonds is 9. The Labute approximate surface area is 157 Å². The Bertz CT molecular complexity index is 640. The van der Waals surface area contributed by atoms with Crippen LogP contribution in [0.3, 0.4) is 0 Å². The zero-order chi connectivity index (χ0) is 18.0. The second-order valence-electron chi connectivity index (χ2n) is 7.14. The van der Waals surface area contributed by atoms with Crippen molar-refractivity contribution in [2.45, 2.75) is 12.8 Å². The van der Waals surface area contributed by atoms with E-state index in [0.29, 0.717) is 6.61 Å². The fourth-order valence-electron chi connectivity index (χ4n) is 3.74. The molecule has 140 valence electrons. The van der Waals surface area contributed by atoms with E-state index in [1.165, 1.54) is 43.9 Å². The Morgan fingerprint density at radius 1 is 0.769 bits per heavy atom. The van der Waals surface area contributed by atoms with Crippen LogP contribution in [-0.2, 0) is 0 Å². The van der Waals surface area contributed by atoms with Crippen molar-refractivity contribution in [2.24, 2.45) is 0 Å². The minimum atomic E-state index is 0.321. The number of quaternary nitrogens is 2. The molecule has 0 radical (unpaired) electrons. The van der Waals surface area contributed by atoms with Crippen LogP contribution < -0.4 is 14.5 Å². The summed E-state index contributed by atoms with van der Waals surface area (Å²) in [6, 6.07) is 18.7. The standard InChI is InChI=1S/C22H30N2O2/c25-18-6-12-23-14-16-24(17-15-23)13-7-19-26-22-11-5-4-10-21(22)20-8-2-1-3-9-20/h1-5,8-11,25H,6-7,12-19H2/p+2. The third-order valence-corrected chi connectivity index (χ3v) is 5.26. The second kappa shape index (κ2) is 10.3. The summed E-state index contributed by atoms with van der Waals surface area (Å²) in [6.07, 6.45) is 2.02. The Balaban J connectivity index is 1.41. The molecule has 0 unspecified atom stereocenters. The molecule has 2 aromatic rings. The lowest BCUT2D eigenvalue weighted by Crippen LogP contribution is -3.28. The number of benzene rings is 2. The number of aliphatic hydroxyl groups is 1. The highest BCUT2D eigenvalue weighted by Crippen LogP contribution is 2.29. The average molecular weight is 357 g/mol. The van der Waals surface area contributed by atoms with Crippen LogP contribution in [0.5, 0.6) is 5.75 Å². The van der Waals surface area contributed by atoms with Gasteiger partial charge >= 0.3 is 0 Å². The van der Waals surface area contributed by atoms with Crippen LogP contribution in [0.15, 0.2) is 54.6 Å². The highest BCUT2D eigenvalue weighted by Gasteiger charge is 2.21.